The maximum absolute atomic E-state index is 13.9. The fourth-order valence-corrected chi connectivity index (χ4v) is 11.0. The van der Waals surface area contributed by atoms with Gasteiger partial charge in [-0.3, -0.25) is 4.79 Å². The van der Waals surface area contributed by atoms with E-state index >= 15 is 0 Å². The summed E-state index contributed by atoms with van der Waals surface area (Å²) in [7, 11) is -7.49. The third-order valence-electron chi connectivity index (χ3n) is 11.3. The van der Waals surface area contributed by atoms with Gasteiger partial charge in [0.1, 0.15) is 5.54 Å². The van der Waals surface area contributed by atoms with Crippen molar-refractivity contribution in [1.29, 1.82) is 0 Å². The maximum atomic E-state index is 13.9. The van der Waals surface area contributed by atoms with Crippen LogP contribution in [0, 0.1) is 0 Å². The second-order valence-electron chi connectivity index (χ2n) is 20.6. The molecule has 1 N–H and O–H groups in total. The van der Waals surface area contributed by atoms with Crippen LogP contribution in [0.15, 0.2) is 0 Å². The van der Waals surface area contributed by atoms with E-state index in [-0.39, 0.29) is 27.1 Å². The van der Waals surface area contributed by atoms with Gasteiger partial charge in [-0.1, -0.05) is 74.1 Å². The Kier molecular flexibility index (Phi) is 21.8. The van der Waals surface area contributed by atoms with Gasteiger partial charge < -0.3 is 27.9 Å². The number of nitrogens with zero attached hydrogens (tertiary/aromatic N) is 2. The third kappa shape index (κ3) is 17.6. The van der Waals surface area contributed by atoms with E-state index in [1.165, 1.54) is 11.8 Å². The van der Waals surface area contributed by atoms with Gasteiger partial charge >= 0.3 is 0 Å². The number of carbonyl (C=O) groups is 1. The van der Waals surface area contributed by atoms with Gasteiger partial charge in [-0.25, -0.2) is 9.34 Å². The smallest absolute Gasteiger partial charge is 0.279 e. The molecule has 0 unspecified atom stereocenters. The minimum atomic E-state index is -2.16. The molecule has 0 heterocycles. The maximum Gasteiger partial charge on any atom is 0.279 e. The average molecular weight is 842 g/mol. The standard InChI is InChI=1S/C39H88N3O6PSSi3/c1-31(2)41(32(3)4)49(42(33(5)6)34(7)8)45-30-44-25-24-26-50-35(43)40-39(27-46-51(18,19)36(9,10)11,28-47-52(20,21)37(12,13)14)29-48-53(22,23)38(15,16)17/h31-34H,24-30H2,1-23H3,(H,40,43). The monoisotopic (exact) mass is 842 g/mol. The summed E-state index contributed by atoms with van der Waals surface area (Å²) in [5, 5.41) is 3.40. The molecule has 0 aliphatic rings. The molecule has 0 aromatic rings. The number of amides is 1. The highest BCUT2D eigenvalue weighted by Crippen LogP contribution is 2.50. The first-order chi connectivity index (χ1) is 23.6. The Hall–Kier alpha value is 0.621. The molecule has 1 amide bonds. The molecule has 14 heteroatoms. The van der Waals surface area contributed by atoms with E-state index in [1.807, 2.05) is 0 Å². The predicted octanol–water partition coefficient (Wildman–Crippen LogP) is 12.1. The van der Waals surface area contributed by atoms with Crippen LogP contribution in [0.2, 0.25) is 54.4 Å². The molecule has 0 aliphatic carbocycles. The second-order valence-corrected chi connectivity index (χ2v) is 37.8. The summed E-state index contributed by atoms with van der Waals surface area (Å²) in [5.41, 5.74) is -0.830. The molecule has 318 valence electrons. The van der Waals surface area contributed by atoms with Crippen LogP contribution in [-0.2, 0) is 22.5 Å². The molecule has 0 aliphatic heterocycles. The summed E-state index contributed by atoms with van der Waals surface area (Å²) in [6, 6.07) is 1.37. The van der Waals surface area contributed by atoms with E-state index in [2.05, 4.69) is 172 Å². The molecule has 0 radical (unpaired) electrons. The molecule has 0 saturated carbocycles. The fraction of sp³-hybridized carbons (Fsp3) is 0.974. The third-order valence-corrected chi connectivity index (χ3v) is 28.6. The molecule has 9 nitrogen and oxygen atoms in total. The molecule has 0 rings (SSSR count). The molecule has 0 bridgehead atoms. The molecular formula is C39H88N3O6PSSi3. The minimum Gasteiger partial charge on any atom is -0.414 e. The Morgan fingerprint density at radius 2 is 0.943 bits per heavy atom. The van der Waals surface area contributed by atoms with Gasteiger partial charge in [0.25, 0.3) is 5.24 Å². The van der Waals surface area contributed by atoms with Gasteiger partial charge in [0.15, 0.2) is 40.2 Å². The van der Waals surface area contributed by atoms with Crippen LogP contribution >= 0.6 is 20.2 Å². The van der Waals surface area contributed by atoms with E-state index in [1.54, 1.807) is 0 Å². The zero-order valence-electron chi connectivity index (χ0n) is 39.0. The molecule has 0 spiro atoms. The lowest BCUT2D eigenvalue weighted by Crippen LogP contribution is -2.63. The number of thioether (sulfide) groups is 1. The first kappa shape index (κ1) is 53.6. The lowest BCUT2D eigenvalue weighted by atomic mass is 10.0. The van der Waals surface area contributed by atoms with Gasteiger partial charge in [0.2, 0.25) is 0 Å². The largest absolute Gasteiger partial charge is 0.414 e. The Bertz CT molecular complexity index is 966. The topological polar surface area (TPSA) is 81.7 Å². The lowest BCUT2D eigenvalue weighted by molar-refractivity contribution is 0.00843. The first-order valence-electron chi connectivity index (χ1n) is 20.1. The van der Waals surface area contributed by atoms with Crippen LogP contribution < -0.4 is 5.32 Å². The molecule has 0 atom stereocenters. The summed E-state index contributed by atoms with van der Waals surface area (Å²) in [5.74, 6) is 0.625. The van der Waals surface area contributed by atoms with Crippen molar-refractivity contribution in [2.75, 3.05) is 39.0 Å². The highest BCUT2D eigenvalue weighted by Gasteiger charge is 2.47. The van der Waals surface area contributed by atoms with Crippen LogP contribution in [0.3, 0.4) is 0 Å². The molecule has 0 aromatic heterocycles. The van der Waals surface area contributed by atoms with Gasteiger partial charge in [-0.2, -0.15) is 0 Å². The number of nitrogens with one attached hydrogen (secondary N) is 1. The summed E-state index contributed by atoms with van der Waals surface area (Å²) in [4.78, 5) is 13.9. The van der Waals surface area contributed by atoms with E-state index in [4.69, 9.17) is 22.5 Å². The van der Waals surface area contributed by atoms with Crippen molar-refractivity contribution in [1.82, 2.24) is 14.7 Å². The molecular weight excluding hydrogens is 754 g/mol. The Morgan fingerprint density at radius 3 is 1.23 bits per heavy atom. The van der Waals surface area contributed by atoms with Crippen molar-refractivity contribution in [3.05, 3.63) is 0 Å². The minimum absolute atomic E-state index is 0.0205. The Morgan fingerprint density at radius 1 is 0.623 bits per heavy atom. The normalized spacial score (nSPS) is 14.7. The summed E-state index contributed by atoms with van der Waals surface area (Å²) in [6.45, 7) is 53.4. The van der Waals surface area contributed by atoms with Crippen molar-refractivity contribution in [3.8, 4) is 0 Å². The number of hydrogen-bond donors (Lipinski definition) is 1. The van der Waals surface area contributed by atoms with Crippen molar-refractivity contribution in [2.45, 2.75) is 208 Å². The number of hydrogen-bond acceptors (Lipinski definition) is 9. The van der Waals surface area contributed by atoms with Crippen LogP contribution in [0.4, 0.5) is 4.79 Å². The van der Waals surface area contributed by atoms with E-state index in [0.29, 0.717) is 56.3 Å². The molecule has 53 heavy (non-hydrogen) atoms. The highest BCUT2D eigenvalue weighted by atomic mass is 32.2. The van der Waals surface area contributed by atoms with E-state index in [0.717, 1.165) is 6.42 Å². The quantitative estimate of drug-likeness (QED) is 0.0468. The van der Waals surface area contributed by atoms with Crippen molar-refractivity contribution >= 4 is 50.4 Å². The number of rotatable bonds is 23. The van der Waals surface area contributed by atoms with Crippen LogP contribution in [0.1, 0.15) is 124 Å². The van der Waals surface area contributed by atoms with E-state index < -0.39 is 38.9 Å². The van der Waals surface area contributed by atoms with Gasteiger partial charge in [0.05, 0.1) is 26.4 Å². The zero-order valence-corrected chi connectivity index (χ0v) is 43.7. The lowest BCUT2D eigenvalue weighted by Gasteiger charge is -2.46. The number of ether oxygens (including phenoxy) is 1. The Balaban J connectivity index is 6.00. The van der Waals surface area contributed by atoms with Crippen LogP contribution in [0.25, 0.3) is 0 Å². The molecule has 0 fully saturated rings. The van der Waals surface area contributed by atoms with Crippen molar-refractivity contribution in [2.24, 2.45) is 0 Å². The first-order valence-corrected chi connectivity index (χ1v) is 31.0. The summed E-state index contributed by atoms with van der Waals surface area (Å²) >= 11 is 1.29. The summed E-state index contributed by atoms with van der Waals surface area (Å²) in [6.07, 6.45) is 0.726. The van der Waals surface area contributed by atoms with Crippen molar-refractivity contribution in [3.63, 3.8) is 0 Å². The van der Waals surface area contributed by atoms with Crippen molar-refractivity contribution < 1.29 is 27.3 Å². The average Bonchev–Trinajstić information content (AvgIpc) is 2.94. The van der Waals surface area contributed by atoms with Crippen LogP contribution in [-0.4, -0.2) is 108 Å². The summed E-state index contributed by atoms with van der Waals surface area (Å²) < 4.78 is 38.1. The van der Waals surface area contributed by atoms with Gasteiger partial charge in [-0.15, -0.1) is 0 Å². The highest BCUT2D eigenvalue weighted by molar-refractivity contribution is 8.13. The second kappa shape index (κ2) is 21.6. The van der Waals surface area contributed by atoms with Gasteiger partial charge in [-0.05, 0) is 116 Å². The van der Waals surface area contributed by atoms with Crippen LogP contribution in [0.5, 0.6) is 0 Å². The van der Waals surface area contributed by atoms with E-state index in [9.17, 15) is 4.79 Å². The zero-order chi connectivity index (χ0) is 42.0. The predicted molar refractivity (Wildman–Crippen MR) is 241 cm³/mol. The SMILES string of the molecule is CC(C)N(C(C)C)P(OCOCCCSC(=O)NC(CO[Si](C)(C)C(C)(C)C)(CO[Si](C)(C)C(C)(C)C)CO[Si](C)(C)C(C)(C)C)N(C(C)C)C(C)C. The fourth-order valence-electron chi connectivity index (χ4n) is 4.80. The number of carbonyl (C=O) groups excluding carboxylic acids is 1. The van der Waals surface area contributed by atoms with Gasteiger partial charge in [0, 0.05) is 29.9 Å². The molecule has 0 saturated heterocycles. The Labute approximate surface area is 338 Å². The molecule has 0 aromatic carbocycles.